The van der Waals surface area contributed by atoms with Gasteiger partial charge in [-0.15, -0.1) is 0 Å². The SMILES string of the molecule is C[C@H]1Cc2ccccc2N1C(=S)Nc1cc2cccnc2c2cccnc12. The Kier molecular flexibility index (Phi) is 3.76. The van der Waals surface area contributed by atoms with E-state index in [1.807, 2.05) is 18.3 Å². The number of pyridine rings is 2. The van der Waals surface area contributed by atoms with Gasteiger partial charge in [-0.05, 0) is 61.5 Å². The molecule has 2 aromatic carbocycles. The maximum absolute atomic E-state index is 5.81. The molecule has 27 heavy (non-hydrogen) atoms. The molecule has 1 atom stereocenters. The summed E-state index contributed by atoms with van der Waals surface area (Å²) in [6.07, 6.45) is 4.62. The van der Waals surface area contributed by atoms with Gasteiger partial charge in [0, 0.05) is 34.9 Å². The van der Waals surface area contributed by atoms with Gasteiger partial charge in [0.2, 0.25) is 0 Å². The number of benzene rings is 2. The summed E-state index contributed by atoms with van der Waals surface area (Å²) in [7, 11) is 0. The third-order valence-corrected chi connectivity index (χ3v) is 5.42. The van der Waals surface area contributed by atoms with Crippen molar-refractivity contribution in [3.63, 3.8) is 0 Å². The van der Waals surface area contributed by atoms with Crippen LogP contribution in [0.25, 0.3) is 21.8 Å². The molecule has 0 saturated carbocycles. The first-order valence-electron chi connectivity index (χ1n) is 9.03. The summed E-state index contributed by atoms with van der Waals surface area (Å²) in [5, 5.41) is 6.25. The number of anilines is 2. The lowest BCUT2D eigenvalue weighted by Crippen LogP contribution is -2.38. The number of para-hydroxylation sites is 1. The average molecular weight is 370 g/mol. The smallest absolute Gasteiger partial charge is 0.178 e. The van der Waals surface area contributed by atoms with Gasteiger partial charge in [0.1, 0.15) is 0 Å². The van der Waals surface area contributed by atoms with Crippen LogP contribution in [0.2, 0.25) is 0 Å². The van der Waals surface area contributed by atoms with Gasteiger partial charge in [0.25, 0.3) is 0 Å². The van der Waals surface area contributed by atoms with Crippen LogP contribution in [0.4, 0.5) is 11.4 Å². The normalized spacial score (nSPS) is 15.9. The fraction of sp³-hybridized carbons (Fsp3) is 0.136. The van der Waals surface area contributed by atoms with Crippen molar-refractivity contribution >= 4 is 50.5 Å². The Bertz CT molecular complexity index is 1190. The predicted molar refractivity (Wildman–Crippen MR) is 115 cm³/mol. The van der Waals surface area contributed by atoms with E-state index < -0.39 is 0 Å². The second kappa shape index (κ2) is 6.28. The number of nitrogens with one attached hydrogen (secondary N) is 1. The van der Waals surface area contributed by atoms with Crippen LogP contribution in [0, 0.1) is 0 Å². The average Bonchev–Trinajstić information content (AvgIpc) is 3.04. The molecule has 4 aromatic rings. The number of hydrogen-bond donors (Lipinski definition) is 1. The van der Waals surface area contributed by atoms with E-state index in [2.05, 4.69) is 69.6 Å². The monoisotopic (exact) mass is 370 g/mol. The van der Waals surface area contributed by atoms with Crippen LogP contribution >= 0.6 is 12.2 Å². The summed E-state index contributed by atoms with van der Waals surface area (Å²) in [6, 6.07) is 18.9. The van der Waals surface area contributed by atoms with Gasteiger partial charge in [-0.1, -0.05) is 24.3 Å². The molecule has 4 nitrogen and oxygen atoms in total. The molecule has 5 rings (SSSR count). The second-order valence-corrected chi connectivity index (χ2v) is 7.27. The van der Waals surface area contributed by atoms with Gasteiger partial charge in [-0.2, -0.15) is 0 Å². The quantitative estimate of drug-likeness (QED) is 0.380. The highest BCUT2D eigenvalue weighted by Crippen LogP contribution is 2.34. The van der Waals surface area contributed by atoms with Crippen molar-refractivity contribution in [2.45, 2.75) is 19.4 Å². The molecule has 1 aliphatic rings. The number of thiocarbonyl (C=S) groups is 1. The van der Waals surface area contributed by atoms with Gasteiger partial charge in [-0.3, -0.25) is 9.97 Å². The minimum absolute atomic E-state index is 0.323. The lowest BCUT2D eigenvalue weighted by atomic mass is 10.1. The molecule has 0 aliphatic carbocycles. The lowest BCUT2D eigenvalue weighted by Gasteiger charge is -2.26. The fourth-order valence-electron chi connectivity index (χ4n) is 3.94. The van der Waals surface area contributed by atoms with Crippen LogP contribution < -0.4 is 10.2 Å². The number of aromatic nitrogens is 2. The molecule has 3 heterocycles. The van der Waals surface area contributed by atoms with E-state index in [0.717, 1.165) is 33.9 Å². The van der Waals surface area contributed by atoms with Gasteiger partial charge in [-0.25, -0.2) is 0 Å². The molecular formula is C22H18N4S. The van der Waals surface area contributed by atoms with Crippen molar-refractivity contribution in [2.75, 3.05) is 10.2 Å². The van der Waals surface area contributed by atoms with E-state index >= 15 is 0 Å². The van der Waals surface area contributed by atoms with Crippen molar-refractivity contribution in [1.82, 2.24) is 9.97 Å². The van der Waals surface area contributed by atoms with Crippen molar-refractivity contribution < 1.29 is 0 Å². The van der Waals surface area contributed by atoms with Gasteiger partial charge >= 0.3 is 0 Å². The molecule has 2 aromatic heterocycles. The Morgan fingerprint density at radius 2 is 1.81 bits per heavy atom. The Balaban J connectivity index is 1.59. The molecule has 0 radical (unpaired) electrons. The van der Waals surface area contributed by atoms with Crippen molar-refractivity contribution in [3.05, 3.63) is 72.6 Å². The molecule has 132 valence electrons. The molecule has 5 heteroatoms. The standard InChI is InChI=1S/C22H18N4S/c1-14-12-15-6-2-3-9-19(15)26(14)22(27)25-18-13-16-7-4-10-23-20(16)17-8-5-11-24-21(17)18/h2-11,13-14H,12H2,1H3,(H,25,27)/t14-/m0/s1. The molecule has 0 saturated heterocycles. The lowest BCUT2D eigenvalue weighted by molar-refractivity contribution is 0.776. The van der Waals surface area contributed by atoms with Crippen LogP contribution in [-0.4, -0.2) is 21.1 Å². The van der Waals surface area contributed by atoms with Gasteiger partial charge in [0.15, 0.2) is 5.11 Å². The molecule has 0 spiro atoms. The van der Waals surface area contributed by atoms with Crippen molar-refractivity contribution in [2.24, 2.45) is 0 Å². The Hall–Kier alpha value is -3.05. The van der Waals surface area contributed by atoms with E-state index in [1.165, 1.54) is 11.3 Å². The molecule has 0 amide bonds. The number of rotatable bonds is 1. The maximum atomic E-state index is 5.81. The summed E-state index contributed by atoms with van der Waals surface area (Å²) in [5.74, 6) is 0. The summed E-state index contributed by atoms with van der Waals surface area (Å²) in [5.41, 5.74) is 5.26. The second-order valence-electron chi connectivity index (χ2n) is 6.88. The van der Waals surface area contributed by atoms with E-state index in [1.54, 1.807) is 6.20 Å². The zero-order valence-electron chi connectivity index (χ0n) is 14.9. The largest absolute Gasteiger partial charge is 0.330 e. The van der Waals surface area contributed by atoms with Gasteiger partial charge < -0.3 is 10.2 Å². The van der Waals surface area contributed by atoms with Crippen LogP contribution in [0.5, 0.6) is 0 Å². The fourth-order valence-corrected chi connectivity index (χ4v) is 4.33. The van der Waals surface area contributed by atoms with Crippen LogP contribution in [0.1, 0.15) is 12.5 Å². The predicted octanol–water partition coefficient (Wildman–Crippen LogP) is 4.93. The first-order valence-corrected chi connectivity index (χ1v) is 9.44. The number of fused-ring (bicyclic) bond motifs is 4. The molecular weight excluding hydrogens is 352 g/mol. The summed E-state index contributed by atoms with van der Waals surface area (Å²) in [4.78, 5) is 11.3. The topological polar surface area (TPSA) is 41.0 Å². The van der Waals surface area contributed by atoms with E-state index in [9.17, 15) is 0 Å². The van der Waals surface area contributed by atoms with Crippen LogP contribution in [0.15, 0.2) is 67.0 Å². The van der Waals surface area contributed by atoms with Crippen LogP contribution in [-0.2, 0) is 6.42 Å². The van der Waals surface area contributed by atoms with E-state index in [0.29, 0.717) is 11.2 Å². The number of hydrogen-bond acceptors (Lipinski definition) is 3. The van der Waals surface area contributed by atoms with Crippen molar-refractivity contribution in [1.29, 1.82) is 0 Å². The van der Waals surface area contributed by atoms with Gasteiger partial charge in [0.05, 0.1) is 16.7 Å². The maximum Gasteiger partial charge on any atom is 0.178 e. The first kappa shape index (κ1) is 16.1. The zero-order chi connectivity index (χ0) is 18.4. The Morgan fingerprint density at radius 3 is 2.70 bits per heavy atom. The molecule has 1 N–H and O–H groups in total. The zero-order valence-corrected chi connectivity index (χ0v) is 15.7. The Labute approximate surface area is 162 Å². The van der Waals surface area contributed by atoms with E-state index in [-0.39, 0.29) is 0 Å². The summed E-state index contributed by atoms with van der Waals surface area (Å²) < 4.78 is 0. The molecule has 0 fully saturated rings. The molecule has 0 unspecified atom stereocenters. The first-order chi connectivity index (χ1) is 13.2. The van der Waals surface area contributed by atoms with Crippen LogP contribution in [0.3, 0.4) is 0 Å². The summed E-state index contributed by atoms with van der Waals surface area (Å²) in [6.45, 7) is 2.20. The number of nitrogens with zero attached hydrogens (tertiary/aromatic N) is 3. The third-order valence-electron chi connectivity index (χ3n) is 5.12. The van der Waals surface area contributed by atoms with E-state index in [4.69, 9.17) is 12.2 Å². The highest BCUT2D eigenvalue weighted by Gasteiger charge is 2.28. The molecule has 0 bridgehead atoms. The van der Waals surface area contributed by atoms with Crippen molar-refractivity contribution in [3.8, 4) is 0 Å². The minimum atomic E-state index is 0.323. The highest BCUT2D eigenvalue weighted by atomic mass is 32.1. The highest BCUT2D eigenvalue weighted by molar-refractivity contribution is 7.80. The minimum Gasteiger partial charge on any atom is -0.330 e. The third kappa shape index (κ3) is 2.62. The molecule has 1 aliphatic heterocycles. The summed E-state index contributed by atoms with van der Waals surface area (Å²) >= 11 is 5.81. The Morgan fingerprint density at radius 1 is 1.04 bits per heavy atom.